The number of benzene rings is 2. The van der Waals surface area contributed by atoms with E-state index in [0.29, 0.717) is 6.61 Å². The van der Waals surface area contributed by atoms with E-state index in [1.807, 2.05) is 30.3 Å². The van der Waals surface area contributed by atoms with Crippen molar-refractivity contribution in [3.8, 4) is 11.1 Å². The van der Waals surface area contributed by atoms with Gasteiger partial charge in [-0.25, -0.2) is 0 Å². The molecule has 0 bridgehead atoms. The van der Waals surface area contributed by atoms with Crippen LogP contribution in [0.25, 0.3) is 11.1 Å². The van der Waals surface area contributed by atoms with Crippen LogP contribution in [0.3, 0.4) is 0 Å². The molecule has 2 aromatic rings. The fourth-order valence-corrected chi connectivity index (χ4v) is 2.60. The van der Waals surface area contributed by atoms with E-state index in [0.717, 1.165) is 17.5 Å². The maximum atomic E-state index is 11.9. The van der Waals surface area contributed by atoms with Crippen molar-refractivity contribution in [3.05, 3.63) is 60.2 Å². The highest BCUT2D eigenvalue weighted by atomic mass is 16.5. The third kappa shape index (κ3) is 3.15. The molecule has 0 spiro atoms. The van der Waals surface area contributed by atoms with Crippen LogP contribution in [-0.4, -0.2) is 5.97 Å². The summed E-state index contributed by atoms with van der Waals surface area (Å²) < 4.78 is 5.44. The van der Waals surface area contributed by atoms with Crippen LogP contribution >= 0.6 is 0 Å². The summed E-state index contributed by atoms with van der Waals surface area (Å²) in [5.41, 5.74) is 3.48. The quantitative estimate of drug-likeness (QED) is 0.774. The van der Waals surface area contributed by atoms with Gasteiger partial charge >= 0.3 is 5.97 Å². The van der Waals surface area contributed by atoms with Crippen molar-refractivity contribution in [2.45, 2.75) is 26.9 Å². The van der Waals surface area contributed by atoms with Crippen molar-refractivity contribution in [2.24, 2.45) is 11.3 Å². The highest BCUT2D eigenvalue weighted by Gasteiger charge is 2.51. The first-order chi connectivity index (χ1) is 10.1. The van der Waals surface area contributed by atoms with Gasteiger partial charge in [0.05, 0.1) is 5.92 Å². The van der Waals surface area contributed by atoms with Crippen molar-refractivity contribution in [2.75, 3.05) is 0 Å². The Bertz CT molecular complexity index is 644. The molecule has 108 valence electrons. The molecule has 1 atom stereocenters. The average Bonchev–Trinajstić information content (AvgIpc) is 3.15. The average molecular weight is 280 g/mol. The molecule has 2 nitrogen and oxygen atoms in total. The van der Waals surface area contributed by atoms with E-state index in [9.17, 15) is 4.79 Å². The van der Waals surface area contributed by atoms with Gasteiger partial charge < -0.3 is 4.74 Å². The highest BCUT2D eigenvalue weighted by Crippen LogP contribution is 2.52. The Balaban J connectivity index is 1.66. The minimum atomic E-state index is -0.0647. The number of hydrogen-bond acceptors (Lipinski definition) is 2. The Morgan fingerprint density at radius 1 is 1.10 bits per heavy atom. The second kappa shape index (κ2) is 5.36. The van der Waals surface area contributed by atoms with Gasteiger partial charge in [-0.1, -0.05) is 62.4 Å². The molecule has 0 heterocycles. The van der Waals surface area contributed by atoms with Crippen LogP contribution in [0.15, 0.2) is 54.6 Å². The zero-order valence-corrected chi connectivity index (χ0v) is 12.5. The number of carbonyl (C=O) groups is 1. The molecule has 2 aromatic carbocycles. The molecule has 0 N–H and O–H groups in total. The Morgan fingerprint density at radius 2 is 1.76 bits per heavy atom. The van der Waals surface area contributed by atoms with Crippen molar-refractivity contribution in [1.29, 1.82) is 0 Å². The van der Waals surface area contributed by atoms with Gasteiger partial charge in [0.15, 0.2) is 0 Å². The van der Waals surface area contributed by atoms with E-state index in [1.54, 1.807) is 0 Å². The third-order valence-electron chi connectivity index (χ3n) is 4.21. The minimum Gasteiger partial charge on any atom is -0.461 e. The van der Waals surface area contributed by atoms with Crippen LogP contribution in [0.5, 0.6) is 0 Å². The summed E-state index contributed by atoms with van der Waals surface area (Å²) in [7, 11) is 0. The van der Waals surface area contributed by atoms with E-state index in [2.05, 4.69) is 38.1 Å². The molecule has 0 radical (unpaired) electrons. The third-order valence-corrected chi connectivity index (χ3v) is 4.21. The topological polar surface area (TPSA) is 26.3 Å². The number of esters is 1. The molecular formula is C19H20O2. The summed E-state index contributed by atoms with van der Waals surface area (Å²) >= 11 is 0. The van der Waals surface area contributed by atoms with Gasteiger partial charge in [0, 0.05) is 0 Å². The first kappa shape index (κ1) is 13.9. The summed E-state index contributed by atoms with van der Waals surface area (Å²) in [6, 6.07) is 18.4. The maximum Gasteiger partial charge on any atom is 0.309 e. The molecule has 1 aliphatic rings. The van der Waals surface area contributed by atoms with E-state index in [4.69, 9.17) is 4.74 Å². The second-order valence-corrected chi connectivity index (χ2v) is 6.42. The lowest BCUT2D eigenvalue weighted by Crippen LogP contribution is -2.10. The first-order valence-corrected chi connectivity index (χ1v) is 7.37. The molecule has 0 saturated heterocycles. The standard InChI is InChI=1S/C19H20O2/c1-19(2)12-17(19)18(20)21-13-14-7-6-10-16(11-14)15-8-4-3-5-9-15/h3-11,17H,12-13H2,1-2H3. The van der Waals surface area contributed by atoms with Crippen LogP contribution in [-0.2, 0) is 16.1 Å². The number of hydrogen-bond donors (Lipinski definition) is 0. The van der Waals surface area contributed by atoms with Crippen molar-refractivity contribution in [3.63, 3.8) is 0 Å². The number of rotatable bonds is 4. The van der Waals surface area contributed by atoms with Gasteiger partial charge in [-0.05, 0) is 34.6 Å². The monoisotopic (exact) mass is 280 g/mol. The molecular weight excluding hydrogens is 260 g/mol. The molecule has 2 heteroatoms. The van der Waals surface area contributed by atoms with Gasteiger partial charge in [0.2, 0.25) is 0 Å². The summed E-state index contributed by atoms with van der Waals surface area (Å²) in [6.07, 6.45) is 0.940. The van der Waals surface area contributed by atoms with Crippen molar-refractivity contribution >= 4 is 5.97 Å². The van der Waals surface area contributed by atoms with Crippen LogP contribution < -0.4 is 0 Å². The zero-order chi connectivity index (χ0) is 14.9. The van der Waals surface area contributed by atoms with E-state index in [-0.39, 0.29) is 17.3 Å². The fourth-order valence-electron chi connectivity index (χ4n) is 2.60. The molecule has 21 heavy (non-hydrogen) atoms. The molecule has 0 amide bonds. The summed E-state index contributed by atoms with van der Waals surface area (Å²) in [5, 5.41) is 0. The maximum absolute atomic E-state index is 11.9. The summed E-state index contributed by atoms with van der Waals surface area (Å²) in [4.78, 5) is 11.9. The van der Waals surface area contributed by atoms with Crippen LogP contribution in [0.4, 0.5) is 0 Å². The zero-order valence-electron chi connectivity index (χ0n) is 12.5. The molecule has 1 aliphatic carbocycles. The molecule has 0 aromatic heterocycles. The molecule has 1 saturated carbocycles. The Morgan fingerprint density at radius 3 is 2.43 bits per heavy atom. The summed E-state index contributed by atoms with van der Waals surface area (Å²) in [6.45, 7) is 4.57. The molecule has 1 fully saturated rings. The van der Waals surface area contributed by atoms with Crippen molar-refractivity contribution < 1.29 is 9.53 Å². The van der Waals surface area contributed by atoms with E-state index >= 15 is 0 Å². The lowest BCUT2D eigenvalue weighted by atomic mass is 10.0. The van der Waals surface area contributed by atoms with E-state index in [1.165, 1.54) is 5.56 Å². The normalized spacial score (nSPS) is 19.0. The van der Waals surface area contributed by atoms with E-state index < -0.39 is 0 Å². The lowest BCUT2D eigenvalue weighted by molar-refractivity contribution is -0.147. The number of carbonyl (C=O) groups excluding carboxylic acids is 1. The van der Waals surface area contributed by atoms with Gasteiger partial charge in [-0.2, -0.15) is 0 Å². The second-order valence-electron chi connectivity index (χ2n) is 6.42. The molecule has 0 aliphatic heterocycles. The largest absolute Gasteiger partial charge is 0.461 e. The lowest BCUT2D eigenvalue weighted by Gasteiger charge is -2.08. The van der Waals surface area contributed by atoms with Gasteiger partial charge in [0.1, 0.15) is 6.61 Å². The smallest absolute Gasteiger partial charge is 0.309 e. The van der Waals surface area contributed by atoms with Crippen LogP contribution in [0.1, 0.15) is 25.8 Å². The molecule has 3 rings (SSSR count). The SMILES string of the molecule is CC1(C)CC1C(=O)OCc1cccc(-c2ccccc2)c1. The van der Waals surface area contributed by atoms with Crippen molar-refractivity contribution in [1.82, 2.24) is 0 Å². The Hall–Kier alpha value is -2.09. The Kier molecular flexibility index (Phi) is 3.54. The fraction of sp³-hybridized carbons (Fsp3) is 0.316. The first-order valence-electron chi connectivity index (χ1n) is 7.37. The molecule has 1 unspecified atom stereocenters. The van der Waals surface area contributed by atoms with Gasteiger partial charge in [-0.15, -0.1) is 0 Å². The minimum absolute atomic E-state index is 0.0647. The Labute approximate surface area is 125 Å². The van der Waals surface area contributed by atoms with Gasteiger partial charge in [0.25, 0.3) is 0 Å². The predicted octanol–water partition coefficient (Wildman–Crippen LogP) is 4.44. The number of ether oxygens (including phenoxy) is 1. The van der Waals surface area contributed by atoms with Crippen LogP contribution in [0, 0.1) is 11.3 Å². The predicted molar refractivity (Wildman–Crippen MR) is 83.6 cm³/mol. The van der Waals surface area contributed by atoms with Crippen LogP contribution in [0.2, 0.25) is 0 Å². The summed E-state index contributed by atoms with van der Waals surface area (Å²) in [5.74, 6) is 0.0138. The highest BCUT2D eigenvalue weighted by molar-refractivity contribution is 5.76. The van der Waals surface area contributed by atoms with Gasteiger partial charge in [-0.3, -0.25) is 4.79 Å².